The summed E-state index contributed by atoms with van der Waals surface area (Å²) in [5, 5.41) is 10.8. The molecular formula is C21H24F2IN5O2. The first-order chi connectivity index (χ1) is 14.6. The first-order valence-electron chi connectivity index (χ1n) is 9.25. The monoisotopic (exact) mass is 543 g/mol. The van der Waals surface area contributed by atoms with Gasteiger partial charge in [0.15, 0.2) is 5.96 Å². The molecule has 2 N–H and O–H groups in total. The van der Waals surface area contributed by atoms with E-state index >= 15 is 0 Å². The molecule has 0 spiro atoms. The van der Waals surface area contributed by atoms with E-state index in [2.05, 4.69) is 25.5 Å². The molecule has 0 aliphatic rings. The molecular weight excluding hydrogens is 519 g/mol. The zero-order valence-electron chi connectivity index (χ0n) is 17.1. The lowest BCUT2D eigenvalue weighted by Gasteiger charge is -2.14. The highest BCUT2D eigenvalue weighted by molar-refractivity contribution is 14.0. The zero-order chi connectivity index (χ0) is 21.3. The number of aromatic nitrogens is 2. The summed E-state index contributed by atoms with van der Waals surface area (Å²) in [6.07, 6.45) is 1.87. The second-order valence-electron chi connectivity index (χ2n) is 6.22. The highest BCUT2D eigenvalue weighted by atomic mass is 127. The largest absolute Gasteiger partial charge is 0.497 e. The number of halogens is 3. The predicted molar refractivity (Wildman–Crippen MR) is 126 cm³/mol. The fourth-order valence-corrected chi connectivity index (χ4v) is 2.77. The van der Waals surface area contributed by atoms with Crippen LogP contribution in [0.25, 0.3) is 5.69 Å². The molecule has 7 nitrogen and oxygen atoms in total. The van der Waals surface area contributed by atoms with Gasteiger partial charge in [0.1, 0.15) is 11.5 Å². The Labute approximate surface area is 196 Å². The van der Waals surface area contributed by atoms with Crippen LogP contribution in [0.15, 0.2) is 65.8 Å². The van der Waals surface area contributed by atoms with E-state index < -0.39 is 6.61 Å². The van der Waals surface area contributed by atoms with Crippen LogP contribution in [0.2, 0.25) is 0 Å². The van der Waals surface area contributed by atoms with Gasteiger partial charge in [-0.1, -0.05) is 18.2 Å². The second kappa shape index (κ2) is 12.1. The average Bonchev–Trinajstić information content (AvgIpc) is 3.23. The van der Waals surface area contributed by atoms with Gasteiger partial charge in [0, 0.05) is 25.4 Å². The van der Waals surface area contributed by atoms with Crippen molar-refractivity contribution in [3.63, 3.8) is 0 Å². The summed E-state index contributed by atoms with van der Waals surface area (Å²) < 4.78 is 36.6. The van der Waals surface area contributed by atoms with Gasteiger partial charge in [-0.2, -0.15) is 13.9 Å². The summed E-state index contributed by atoms with van der Waals surface area (Å²) in [5.41, 5.74) is 2.33. The van der Waals surface area contributed by atoms with E-state index in [-0.39, 0.29) is 36.3 Å². The molecule has 0 amide bonds. The molecule has 1 heterocycles. The van der Waals surface area contributed by atoms with Crippen molar-refractivity contribution in [1.29, 1.82) is 0 Å². The minimum Gasteiger partial charge on any atom is -0.497 e. The number of hydrogen-bond donors (Lipinski definition) is 2. The molecule has 10 heteroatoms. The smallest absolute Gasteiger partial charge is 0.387 e. The van der Waals surface area contributed by atoms with Crippen molar-refractivity contribution in [2.24, 2.45) is 4.99 Å². The van der Waals surface area contributed by atoms with Crippen LogP contribution in [-0.4, -0.2) is 36.5 Å². The van der Waals surface area contributed by atoms with Crippen molar-refractivity contribution >= 4 is 29.9 Å². The Hall–Kier alpha value is -2.89. The first kappa shape index (κ1) is 24.4. The normalized spacial score (nSPS) is 11.1. The molecule has 0 bridgehead atoms. The van der Waals surface area contributed by atoms with Crippen LogP contribution in [0.3, 0.4) is 0 Å². The minimum absolute atomic E-state index is 0. The van der Waals surface area contributed by atoms with E-state index in [0.29, 0.717) is 18.1 Å². The van der Waals surface area contributed by atoms with Crippen LogP contribution in [0.4, 0.5) is 8.78 Å². The zero-order valence-corrected chi connectivity index (χ0v) is 19.4. The summed E-state index contributed by atoms with van der Waals surface area (Å²) in [5.74, 6) is 1.43. The highest BCUT2D eigenvalue weighted by Crippen LogP contribution is 2.20. The van der Waals surface area contributed by atoms with Gasteiger partial charge in [-0.25, -0.2) is 4.68 Å². The summed E-state index contributed by atoms with van der Waals surface area (Å²) in [7, 11) is 3.25. The van der Waals surface area contributed by atoms with Crippen molar-refractivity contribution < 1.29 is 18.3 Å². The van der Waals surface area contributed by atoms with E-state index in [1.807, 2.05) is 36.5 Å². The van der Waals surface area contributed by atoms with Gasteiger partial charge in [-0.05, 0) is 36.4 Å². The van der Waals surface area contributed by atoms with Crippen LogP contribution in [-0.2, 0) is 13.1 Å². The number of rotatable bonds is 8. The maximum Gasteiger partial charge on any atom is 0.387 e. The van der Waals surface area contributed by atoms with Gasteiger partial charge in [-0.3, -0.25) is 4.99 Å². The van der Waals surface area contributed by atoms with Crippen molar-refractivity contribution in [2.45, 2.75) is 19.7 Å². The van der Waals surface area contributed by atoms with Gasteiger partial charge in [-0.15, -0.1) is 24.0 Å². The SMILES string of the molecule is CN=C(NCc1ccn(-c2ccc(OC)cc2)n1)NCc1ccccc1OC(F)F.I. The minimum atomic E-state index is -2.87. The number of methoxy groups -OCH3 is 1. The van der Waals surface area contributed by atoms with E-state index in [9.17, 15) is 8.78 Å². The summed E-state index contributed by atoms with van der Waals surface area (Å²) in [4.78, 5) is 4.15. The number of hydrogen-bond acceptors (Lipinski definition) is 4. The van der Waals surface area contributed by atoms with E-state index in [1.165, 1.54) is 6.07 Å². The van der Waals surface area contributed by atoms with Gasteiger partial charge in [0.2, 0.25) is 0 Å². The third-order valence-corrected chi connectivity index (χ3v) is 4.28. The number of ether oxygens (including phenoxy) is 2. The Balaban J connectivity index is 0.00000341. The lowest BCUT2D eigenvalue weighted by Crippen LogP contribution is -2.36. The van der Waals surface area contributed by atoms with E-state index in [1.54, 1.807) is 37.0 Å². The number of para-hydroxylation sites is 1. The Morgan fingerprint density at radius 3 is 2.45 bits per heavy atom. The molecule has 1 aromatic heterocycles. The molecule has 0 atom stereocenters. The molecule has 0 aliphatic carbocycles. The molecule has 31 heavy (non-hydrogen) atoms. The second-order valence-corrected chi connectivity index (χ2v) is 6.22. The number of guanidine groups is 1. The van der Waals surface area contributed by atoms with E-state index in [0.717, 1.165) is 17.1 Å². The average molecular weight is 543 g/mol. The maximum atomic E-state index is 12.5. The third kappa shape index (κ3) is 7.09. The van der Waals surface area contributed by atoms with Crippen LogP contribution in [0, 0.1) is 0 Å². The molecule has 0 saturated heterocycles. The molecule has 0 aliphatic heterocycles. The van der Waals surface area contributed by atoms with Crippen molar-refractivity contribution in [3.05, 3.63) is 72.1 Å². The predicted octanol–water partition coefficient (Wildman–Crippen LogP) is 3.97. The standard InChI is InChI=1S/C21H23F2N5O2.HI/c1-24-21(25-13-15-5-3-4-6-19(15)30-20(22)23)26-14-16-11-12-28(27-16)17-7-9-18(29-2)10-8-17;/h3-12,20H,13-14H2,1-2H3,(H2,24,25,26);1H. The summed E-state index contributed by atoms with van der Waals surface area (Å²) >= 11 is 0. The van der Waals surface area contributed by atoms with Gasteiger partial charge < -0.3 is 20.1 Å². The Bertz CT molecular complexity index is 980. The van der Waals surface area contributed by atoms with Gasteiger partial charge >= 0.3 is 6.61 Å². The van der Waals surface area contributed by atoms with Gasteiger partial charge in [0.05, 0.1) is 25.0 Å². The number of benzene rings is 2. The molecule has 3 rings (SSSR count). The Morgan fingerprint density at radius 1 is 1.06 bits per heavy atom. The number of alkyl halides is 2. The van der Waals surface area contributed by atoms with Gasteiger partial charge in [0.25, 0.3) is 0 Å². The molecule has 2 aromatic carbocycles. The Morgan fingerprint density at radius 2 is 1.77 bits per heavy atom. The lowest BCUT2D eigenvalue weighted by molar-refractivity contribution is -0.0504. The molecule has 0 fully saturated rings. The highest BCUT2D eigenvalue weighted by Gasteiger charge is 2.10. The lowest BCUT2D eigenvalue weighted by atomic mass is 10.2. The van der Waals surface area contributed by atoms with Crippen LogP contribution in [0.1, 0.15) is 11.3 Å². The third-order valence-electron chi connectivity index (χ3n) is 4.28. The fourth-order valence-electron chi connectivity index (χ4n) is 2.77. The number of aliphatic imine (C=N–C) groups is 1. The maximum absolute atomic E-state index is 12.5. The van der Waals surface area contributed by atoms with Crippen molar-refractivity contribution in [1.82, 2.24) is 20.4 Å². The number of nitrogens with zero attached hydrogens (tertiary/aromatic N) is 3. The summed E-state index contributed by atoms with van der Waals surface area (Å²) in [6.45, 7) is -2.15. The van der Waals surface area contributed by atoms with Crippen LogP contribution < -0.4 is 20.1 Å². The van der Waals surface area contributed by atoms with Crippen molar-refractivity contribution in [3.8, 4) is 17.2 Å². The van der Waals surface area contributed by atoms with E-state index in [4.69, 9.17) is 4.74 Å². The number of nitrogens with one attached hydrogen (secondary N) is 2. The molecule has 0 saturated carbocycles. The quantitative estimate of drug-likeness (QED) is 0.256. The van der Waals surface area contributed by atoms with Crippen LogP contribution in [0.5, 0.6) is 11.5 Å². The Kier molecular flexibility index (Phi) is 9.50. The first-order valence-corrected chi connectivity index (χ1v) is 9.25. The molecule has 0 unspecified atom stereocenters. The van der Waals surface area contributed by atoms with Crippen LogP contribution >= 0.6 is 24.0 Å². The molecule has 166 valence electrons. The fraction of sp³-hybridized carbons (Fsp3) is 0.238. The molecule has 0 radical (unpaired) electrons. The topological polar surface area (TPSA) is 72.7 Å². The van der Waals surface area contributed by atoms with Crippen molar-refractivity contribution in [2.75, 3.05) is 14.2 Å². The summed E-state index contributed by atoms with van der Waals surface area (Å²) in [6, 6.07) is 16.1. The molecule has 3 aromatic rings.